The highest BCUT2D eigenvalue weighted by atomic mass is 35.5. The van der Waals surface area contributed by atoms with Crippen LogP contribution in [0.5, 0.6) is 0 Å². The number of halogens is 1. The van der Waals surface area contributed by atoms with Crippen LogP contribution in [0.4, 0.5) is 4.79 Å². The van der Waals surface area contributed by atoms with Crippen LogP contribution in [-0.2, 0) is 4.74 Å². The first kappa shape index (κ1) is 13.6. The molecule has 4 heteroatoms. The Morgan fingerprint density at radius 3 is 2.62 bits per heavy atom. The average molecular weight is 248 g/mol. The summed E-state index contributed by atoms with van der Waals surface area (Å²) in [6, 6.07) is 0.228. The first-order chi connectivity index (χ1) is 7.33. The number of alkyl halides is 1. The predicted molar refractivity (Wildman–Crippen MR) is 65.9 cm³/mol. The fourth-order valence-corrected chi connectivity index (χ4v) is 2.25. The van der Waals surface area contributed by atoms with Crippen molar-refractivity contribution in [3.8, 4) is 0 Å². The number of piperidine rings is 1. The molecule has 1 aliphatic rings. The third-order valence-corrected chi connectivity index (χ3v) is 3.15. The predicted octanol–water partition coefficient (Wildman–Crippen LogP) is 3.40. The van der Waals surface area contributed by atoms with Crippen molar-refractivity contribution in [1.82, 2.24) is 4.90 Å². The standard InChI is InChI=1S/C12H22ClNO2/c1-5-10-8-9(13)6-7-14(10)11(15)16-12(2,3)4/h9-10H,5-8H2,1-4H3/t9-,10+/m1/s1. The number of amides is 1. The molecule has 0 aromatic rings. The van der Waals surface area contributed by atoms with Crippen molar-refractivity contribution < 1.29 is 9.53 Å². The van der Waals surface area contributed by atoms with E-state index < -0.39 is 5.60 Å². The van der Waals surface area contributed by atoms with Gasteiger partial charge in [-0.3, -0.25) is 0 Å². The van der Waals surface area contributed by atoms with Gasteiger partial charge in [0.05, 0.1) is 0 Å². The van der Waals surface area contributed by atoms with E-state index in [0.717, 1.165) is 19.3 Å². The Bertz CT molecular complexity index is 250. The summed E-state index contributed by atoms with van der Waals surface area (Å²) in [6.45, 7) is 8.46. The molecular weight excluding hydrogens is 226 g/mol. The normalized spacial score (nSPS) is 26.7. The van der Waals surface area contributed by atoms with Gasteiger partial charge in [0.2, 0.25) is 0 Å². The van der Waals surface area contributed by atoms with E-state index in [1.165, 1.54) is 0 Å². The Morgan fingerprint density at radius 2 is 2.12 bits per heavy atom. The summed E-state index contributed by atoms with van der Waals surface area (Å²) < 4.78 is 5.39. The second kappa shape index (κ2) is 5.26. The number of ether oxygens (including phenoxy) is 1. The molecular formula is C12H22ClNO2. The van der Waals surface area contributed by atoms with Gasteiger partial charge in [-0.05, 0) is 40.0 Å². The first-order valence-electron chi connectivity index (χ1n) is 5.97. The minimum absolute atomic E-state index is 0.198. The first-order valence-corrected chi connectivity index (χ1v) is 6.41. The molecule has 0 unspecified atom stereocenters. The minimum Gasteiger partial charge on any atom is -0.444 e. The number of hydrogen-bond acceptors (Lipinski definition) is 2. The molecule has 1 heterocycles. The molecule has 0 aromatic carbocycles. The fraction of sp³-hybridized carbons (Fsp3) is 0.917. The molecule has 0 aliphatic carbocycles. The Kier molecular flexibility index (Phi) is 4.48. The highest BCUT2D eigenvalue weighted by Crippen LogP contribution is 2.25. The summed E-state index contributed by atoms with van der Waals surface area (Å²) in [7, 11) is 0. The molecule has 1 fully saturated rings. The maximum Gasteiger partial charge on any atom is 0.410 e. The van der Waals surface area contributed by atoms with Crippen molar-refractivity contribution in [3.63, 3.8) is 0 Å². The van der Waals surface area contributed by atoms with Crippen LogP contribution in [0.1, 0.15) is 47.0 Å². The number of carbonyl (C=O) groups excluding carboxylic acids is 1. The van der Waals surface area contributed by atoms with Gasteiger partial charge < -0.3 is 9.64 Å². The van der Waals surface area contributed by atoms with Crippen LogP contribution in [0.15, 0.2) is 0 Å². The van der Waals surface area contributed by atoms with Crippen LogP contribution in [0.25, 0.3) is 0 Å². The van der Waals surface area contributed by atoms with Gasteiger partial charge in [0.15, 0.2) is 0 Å². The number of nitrogens with zero attached hydrogens (tertiary/aromatic N) is 1. The van der Waals surface area contributed by atoms with Gasteiger partial charge in [-0.2, -0.15) is 0 Å². The number of likely N-dealkylation sites (tertiary alicyclic amines) is 1. The molecule has 0 saturated carbocycles. The second-order valence-electron chi connectivity index (χ2n) is 5.36. The molecule has 3 nitrogen and oxygen atoms in total. The molecule has 0 aromatic heterocycles. The van der Waals surface area contributed by atoms with E-state index in [0.29, 0.717) is 6.54 Å². The van der Waals surface area contributed by atoms with E-state index in [4.69, 9.17) is 16.3 Å². The molecule has 1 aliphatic heterocycles. The highest BCUT2D eigenvalue weighted by molar-refractivity contribution is 6.20. The van der Waals surface area contributed by atoms with Gasteiger partial charge >= 0.3 is 6.09 Å². The molecule has 0 N–H and O–H groups in total. The van der Waals surface area contributed by atoms with Crippen LogP contribution in [-0.4, -0.2) is 34.6 Å². The van der Waals surface area contributed by atoms with Crippen LogP contribution in [0.2, 0.25) is 0 Å². The summed E-state index contributed by atoms with van der Waals surface area (Å²) >= 11 is 6.11. The molecule has 2 atom stereocenters. The zero-order valence-electron chi connectivity index (χ0n) is 10.6. The van der Waals surface area contributed by atoms with Gasteiger partial charge in [-0.15, -0.1) is 11.6 Å². The highest BCUT2D eigenvalue weighted by Gasteiger charge is 2.32. The lowest BCUT2D eigenvalue weighted by Gasteiger charge is -2.38. The van der Waals surface area contributed by atoms with Gasteiger partial charge in [-0.1, -0.05) is 6.92 Å². The molecule has 0 radical (unpaired) electrons. The molecule has 1 amide bonds. The van der Waals surface area contributed by atoms with Crippen molar-refractivity contribution in [2.24, 2.45) is 0 Å². The molecule has 0 bridgehead atoms. The lowest BCUT2D eigenvalue weighted by molar-refractivity contribution is 0.00982. The van der Waals surface area contributed by atoms with Crippen LogP contribution in [0, 0.1) is 0 Å². The van der Waals surface area contributed by atoms with Crippen molar-refractivity contribution in [3.05, 3.63) is 0 Å². The van der Waals surface area contributed by atoms with Crippen LogP contribution in [0.3, 0.4) is 0 Å². The molecule has 94 valence electrons. The Hall–Kier alpha value is -0.440. The molecule has 0 spiro atoms. The monoisotopic (exact) mass is 247 g/mol. The van der Waals surface area contributed by atoms with Gasteiger partial charge in [0, 0.05) is 18.0 Å². The summed E-state index contributed by atoms with van der Waals surface area (Å²) in [5, 5.41) is 0.198. The number of hydrogen-bond donors (Lipinski definition) is 0. The largest absolute Gasteiger partial charge is 0.444 e. The summed E-state index contributed by atoms with van der Waals surface area (Å²) in [5.41, 5.74) is -0.423. The Balaban J connectivity index is 2.60. The number of rotatable bonds is 1. The average Bonchev–Trinajstić information content (AvgIpc) is 2.14. The lowest BCUT2D eigenvalue weighted by Crippen LogP contribution is -2.48. The third kappa shape index (κ3) is 3.85. The molecule has 1 rings (SSSR count). The van der Waals surface area contributed by atoms with Crippen molar-refractivity contribution >= 4 is 17.7 Å². The zero-order chi connectivity index (χ0) is 12.3. The SMILES string of the molecule is CC[C@H]1C[C@H](Cl)CCN1C(=O)OC(C)(C)C. The quantitative estimate of drug-likeness (QED) is 0.665. The summed E-state index contributed by atoms with van der Waals surface area (Å²) in [4.78, 5) is 13.8. The van der Waals surface area contributed by atoms with Gasteiger partial charge in [-0.25, -0.2) is 4.79 Å². The fourth-order valence-electron chi connectivity index (χ4n) is 1.95. The number of carbonyl (C=O) groups is 1. The van der Waals surface area contributed by atoms with E-state index in [1.54, 1.807) is 0 Å². The van der Waals surface area contributed by atoms with E-state index in [2.05, 4.69) is 6.92 Å². The summed E-state index contributed by atoms with van der Waals surface area (Å²) in [5.74, 6) is 0. The van der Waals surface area contributed by atoms with Crippen LogP contribution < -0.4 is 0 Å². The zero-order valence-corrected chi connectivity index (χ0v) is 11.4. The van der Waals surface area contributed by atoms with Crippen molar-refractivity contribution in [2.75, 3.05) is 6.54 Å². The molecule has 16 heavy (non-hydrogen) atoms. The third-order valence-electron chi connectivity index (χ3n) is 2.75. The second-order valence-corrected chi connectivity index (χ2v) is 5.97. The van der Waals surface area contributed by atoms with E-state index in [1.807, 2.05) is 25.7 Å². The smallest absolute Gasteiger partial charge is 0.410 e. The molecule has 1 saturated heterocycles. The lowest BCUT2D eigenvalue weighted by atomic mass is 10.0. The minimum atomic E-state index is -0.423. The van der Waals surface area contributed by atoms with E-state index >= 15 is 0 Å². The van der Waals surface area contributed by atoms with Crippen molar-refractivity contribution in [2.45, 2.75) is 64.0 Å². The van der Waals surface area contributed by atoms with Crippen molar-refractivity contribution in [1.29, 1.82) is 0 Å². The van der Waals surface area contributed by atoms with Gasteiger partial charge in [0.1, 0.15) is 5.60 Å². The topological polar surface area (TPSA) is 29.5 Å². The van der Waals surface area contributed by atoms with E-state index in [-0.39, 0.29) is 17.5 Å². The Morgan fingerprint density at radius 1 is 1.50 bits per heavy atom. The Labute approximate surface area is 103 Å². The maximum absolute atomic E-state index is 12.0. The van der Waals surface area contributed by atoms with E-state index in [9.17, 15) is 4.79 Å². The van der Waals surface area contributed by atoms with Crippen LogP contribution >= 0.6 is 11.6 Å². The van der Waals surface area contributed by atoms with Gasteiger partial charge in [0.25, 0.3) is 0 Å². The maximum atomic E-state index is 12.0. The summed E-state index contributed by atoms with van der Waals surface area (Å²) in [6.07, 6.45) is 2.46.